The number of benzene rings is 1. The number of aliphatic imine (C=N–C) groups is 1. The van der Waals surface area contributed by atoms with E-state index in [9.17, 15) is 14.7 Å². The van der Waals surface area contributed by atoms with E-state index in [4.69, 9.17) is 9.47 Å². The third-order valence-electron chi connectivity index (χ3n) is 4.99. The van der Waals surface area contributed by atoms with Crippen molar-refractivity contribution in [3.8, 4) is 11.5 Å². The van der Waals surface area contributed by atoms with Crippen molar-refractivity contribution in [2.45, 2.75) is 18.9 Å². The molecule has 0 bridgehead atoms. The summed E-state index contributed by atoms with van der Waals surface area (Å²) in [4.78, 5) is 29.4. The van der Waals surface area contributed by atoms with Crippen molar-refractivity contribution in [3.05, 3.63) is 30.0 Å². The smallest absolute Gasteiger partial charge is 0.427 e. The fraction of sp³-hybridized carbons (Fsp3) is 0.421. The second-order valence-corrected chi connectivity index (χ2v) is 6.98. The van der Waals surface area contributed by atoms with Gasteiger partial charge in [0.2, 0.25) is 6.34 Å². The molecule has 3 amide bonds. The normalized spacial score (nSPS) is 22.0. The zero-order chi connectivity index (χ0) is 20.3. The molecule has 2 aliphatic rings. The molecule has 9 nitrogen and oxygen atoms in total. The highest BCUT2D eigenvalue weighted by molar-refractivity contribution is 5.85. The minimum Gasteiger partial charge on any atom is -0.530 e. The van der Waals surface area contributed by atoms with Crippen molar-refractivity contribution in [1.82, 2.24) is 10.2 Å². The lowest BCUT2D eigenvalue weighted by atomic mass is 10.1. The lowest BCUT2D eigenvalue weighted by Crippen LogP contribution is -2.55. The number of nitrogens with one attached hydrogen (secondary N) is 1. The van der Waals surface area contributed by atoms with Gasteiger partial charge in [-0.25, -0.2) is 4.79 Å². The highest BCUT2D eigenvalue weighted by Crippen LogP contribution is 2.31. The van der Waals surface area contributed by atoms with Crippen LogP contribution in [-0.4, -0.2) is 68.2 Å². The van der Waals surface area contributed by atoms with Gasteiger partial charge in [-0.3, -0.25) is 0 Å². The average Bonchev–Trinajstić information content (AvgIpc) is 3.11. The number of nitrogens with zero attached hydrogens (tertiary/aromatic N) is 3. The number of carbonyl (C=O) groups excluding carboxylic acids is 2. The van der Waals surface area contributed by atoms with Crippen LogP contribution < -0.4 is 19.9 Å². The van der Waals surface area contributed by atoms with Gasteiger partial charge in [-0.05, 0) is 25.0 Å². The quantitative estimate of drug-likeness (QED) is 0.776. The molecule has 1 saturated heterocycles. The number of carboxylic acid groups (broad SMARTS) is 1. The first-order valence-corrected chi connectivity index (χ1v) is 8.99. The number of quaternary nitrogens is 1. The Kier molecular flexibility index (Phi) is 5.55. The van der Waals surface area contributed by atoms with Crippen LogP contribution in [0.5, 0.6) is 11.5 Å². The number of rotatable bonds is 4. The van der Waals surface area contributed by atoms with E-state index in [0.717, 1.165) is 5.56 Å². The molecule has 0 spiro atoms. The van der Waals surface area contributed by atoms with E-state index in [0.29, 0.717) is 43.1 Å². The van der Waals surface area contributed by atoms with Crippen LogP contribution in [-0.2, 0) is 0 Å². The topological polar surface area (TPSA) is 103 Å². The standard InChI is InChI=1S/C19H24N4O5/c1-23(18(24)21-14-4-6-22(7-5-14)19(25)26)11-17(20-12-23)13-8-15(27-2)10-16(9-13)28-3/h8-12,14H,4-7H2,1-3H3,(H-,21,24,25,26). The van der Waals surface area contributed by atoms with E-state index in [1.54, 1.807) is 39.9 Å². The molecular weight excluding hydrogens is 364 g/mol. The highest BCUT2D eigenvalue weighted by atomic mass is 16.5. The maximum atomic E-state index is 12.8. The summed E-state index contributed by atoms with van der Waals surface area (Å²) >= 11 is 0. The van der Waals surface area contributed by atoms with E-state index in [1.165, 1.54) is 4.90 Å². The lowest BCUT2D eigenvalue weighted by Gasteiger charge is -2.34. The highest BCUT2D eigenvalue weighted by Gasteiger charge is 2.36. The van der Waals surface area contributed by atoms with Crippen LogP contribution in [0.1, 0.15) is 18.4 Å². The summed E-state index contributed by atoms with van der Waals surface area (Å²) in [5.41, 5.74) is 1.42. The summed E-state index contributed by atoms with van der Waals surface area (Å²) in [5.74, 6) is 1.27. The van der Waals surface area contributed by atoms with Gasteiger partial charge in [0, 0.05) is 30.8 Å². The monoisotopic (exact) mass is 388 g/mol. The van der Waals surface area contributed by atoms with E-state index < -0.39 is 6.09 Å². The Hall–Kier alpha value is -3.07. The minimum absolute atomic E-state index is 0.0826. The number of hydrogen-bond donors (Lipinski definition) is 1. The van der Waals surface area contributed by atoms with Gasteiger partial charge in [0.1, 0.15) is 29.5 Å². The first-order valence-electron chi connectivity index (χ1n) is 8.99. The molecule has 150 valence electrons. The number of methoxy groups -OCH3 is 2. The molecule has 1 fully saturated rings. The molecule has 2 aliphatic heterocycles. The molecule has 0 aromatic heterocycles. The molecule has 1 unspecified atom stereocenters. The second kappa shape index (κ2) is 7.89. The molecule has 1 aromatic rings. The Morgan fingerprint density at radius 1 is 1.18 bits per heavy atom. The molecular formula is C19H24N4O5. The van der Waals surface area contributed by atoms with Gasteiger partial charge in [-0.15, -0.1) is 0 Å². The van der Waals surface area contributed by atoms with Crippen LogP contribution in [0.3, 0.4) is 0 Å². The van der Waals surface area contributed by atoms with Crippen LogP contribution in [0.25, 0.3) is 5.70 Å². The Bertz CT molecular complexity index is 807. The maximum Gasteiger partial charge on any atom is 0.427 e. The molecule has 28 heavy (non-hydrogen) atoms. The summed E-state index contributed by atoms with van der Waals surface area (Å²) in [6.07, 6.45) is 3.25. The van der Waals surface area contributed by atoms with Crippen molar-refractivity contribution < 1.29 is 28.7 Å². The number of likely N-dealkylation sites (tertiary alicyclic amines) is 1. The SMILES string of the molecule is COc1cc(OC)cc(C2=C[N+](C)(C(=O)NC3CCN(C(=O)[O-])CC3)C=N2)c1. The number of urea groups is 1. The third kappa shape index (κ3) is 4.09. The average molecular weight is 388 g/mol. The first kappa shape index (κ1) is 19.7. The van der Waals surface area contributed by atoms with Gasteiger partial charge in [0.05, 0.1) is 21.3 Å². The van der Waals surface area contributed by atoms with Crippen molar-refractivity contribution in [2.75, 3.05) is 34.4 Å². The van der Waals surface area contributed by atoms with E-state index in [2.05, 4.69) is 10.3 Å². The summed E-state index contributed by atoms with van der Waals surface area (Å²) in [6, 6.07) is 5.12. The molecule has 1 N–H and O–H groups in total. The van der Waals surface area contributed by atoms with E-state index in [-0.39, 0.29) is 16.6 Å². The fourth-order valence-electron chi connectivity index (χ4n) is 3.24. The van der Waals surface area contributed by atoms with Crippen LogP contribution >= 0.6 is 0 Å². The van der Waals surface area contributed by atoms with Crippen molar-refractivity contribution in [2.24, 2.45) is 4.99 Å². The van der Waals surface area contributed by atoms with Crippen molar-refractivity contribution >= 4 is 24.2 Å². The van der Waals surface area contributed by atoms with Crippen LogP contribution in [0.2, 0.25) is 0 Å². The predicted octanol–water partition coefficient (Wildman–Crippen LogP) is 1.01. The van der Waals surface area contributed by atoms with E-state index in [1.807, 2.05) is 12.1 Å². The zero-order valence-electron chi connectivity index (χ0n) is 16.2. The van der Waals surface area contributed by atoms with Gasteiger partial charge in [0.25, 0.3) is 0 Å². The predicted molar refractivity (Wildman–Crippen MR) is 101 cm³/mol. The number of amides is 3. The maximum absolute atomic E-state index is 12.8. The summed E-state index contributed by atoms with van der Waals surface area (Å²) in [6.45, 7) is 0.714. The molecule has 0 saturated carbocycles. The molecule has 2 heterocycles. The largest absolute Gasteiger partial charge is 0.530 e. The Morgan fingerprint density at radius 2 is 1.79 bits per heavy atom. The Morgan fingerprint density at radius 3 is 2.32 bits per heavy atom. The zero-order valence-corrected chi connectivity index (χ0v) is 16.2. The Labute approximate surface area is 163 Å². The van der Waals surface area contributed by atoms with E-state index >= 15 is 0 Å². The first-order chi connectivity index (χ1) is 13.3. The summed E-state index contributed by atoms with van der Waals surface area (Å²) < 4.78 is 10.4. The number of hydrogen-bond acceptors (Lipinski definition) is 6. The molecule has 3 rings (SSSR count). The van der Waals surface area contributed by atoms with Crippen LogP contribution in [0.15, 0.2) is 29.4 Å². The van der Waals surface area contributed by atoms with Gasteiger partial charge in [0.15, 0.2) is 0 Å². The minimum atomic E-state index is -1.17. The number of carbonyl (C=O) groups is 2. The molecule has 1 aromatic carbocycles. The van der Waals surface area contributed by atoms with Gasteiger partial charge in [-0.2, -0.15) is 9.48 Å². The third-order valence-corrected chi connectivity index (χ3v) is 4.99. The number of piperidine rings is 1. The van der Waals surface area contributed by atoms with Crippen molar-refractivity contribution in [1.29, 1.82) is 0 Å². The van der Waals surface area contributed by atoms with Gasteiger partial charge >= 0.3 is 6.03 Å². The van der Waals surface area contributed by atoms with Crippen LogP contribution in [0, 0.1) is 0 Å². The fourth-order valence-corrected chi connectivity index (χ4v) is 3.24. The Balaban J connectivity index is 1.70. The molecule has 0 radical (unpaired) electrons. The van der Waals surface area contributed by atoms with Gasteiger partial charge < -0.3 is 29.6 Å². The molecule has 0 aliphatic carbocycles. The summed E-state index contributed by atoms with van der Waals surface area (Å²) in [7, 11) is 4.88. The van der Waals surface area contributed by atoms with Gasteiger partial charge in [-0.1, -0.05) is 0 Å². The second-order valence-electron chi connectivity index (χ2n) is 6.98. The molecule has 9 heteroatoms. The molecule has 1 atom stereocenters. The lowest BCUT2D eigenvalue weighted by molar-refractivity contribution is -0.665. The summed E-state index contributed by atoms with van der Waals surface area (Å²) in [5, 5.41) is 13.9. The number of ether oxygens (including phenoxy) is 2. The van der Waals surface area contributed by atoms with Crippen molar-refractivity contribution in [3.63, 3.8) is 0 Å². The van der Waals surface area contributed by atoms with Crippen LogP contribution in [0.4, 0.5) is 9.59 Å².